The number of nitrogens with two attached hydrogens (primary N) is 1. The maximum absolute atomic E-state index is 13.1. The Kier molecular flexibility index (Phi) is 2.33. The fourth-order valence-corrected chi connectivity index (χ4v) is 0.998. The normalized spacial score (nSPS) is 9.92. The Morgan fingerprint density at radius 3 is 2.67 bits per heavy atom. The molecule has 1 aromatic rings. The molecule has 0 spiro atoms. The minimum Gasteiger partial charge on any atom is -0.366 e. The van der Waals surface area contributed by atoms with Crippen molar-refractivity contribution in [2.45, 2.75) is 6.92 Å². The van der Waals surface area contributed by atoms with Gasteiger partial charge in [0.15, 0.2) is 0 Å². The van der Waals surface area contributed by atoms with E-state index in [4.69, 9.17) is 17.3 Å². The van der Waals surface area contributed by atoms with Crippen LogP contribution in [0.3, 0.4) is 0 Å². The van der Waals surface area contributed by atoms with Crippen LogP contribution in [0.15, 0.2) is 12.1 Å². The molecule has 64 valence electrons. The maximum Gasteiger partial charge on any atom is 0.251 e. The number of carbonyl (C=O) groups is 1. The lowest BCUT2D eigenvalue weighted by Crippen LogP contribution is -2.13. The van der Waals surface area contributed by atoms with Gasteiger partial charge in [0.2, 0.25) is 0 Å². The molecule has 0 radical (unpaired) electrons. The molecule has 4 heteroatoms. The van der Waals surface area contributed by atoms with Gasteiger partial charge in [-0.25, -0.2) is 4.39 Å². The highest BCUT2D eigenvalue weighted by molar-refractivity contribution is 6.31. The molecular weight excluding hydrogens is 181 g/mol. The van der Waals surface area contributed by atoms with E-state index in [1.807, 2.05) is 0 Å². The molecule has 0 atom stereocenters. The van der Waals surface area contributed by atoms with Crippen molar-refractivity contribution in [2.24, 2.45) is 5.73 Å². The van der Waals surface area contributed by atoms with Crippen molar-refractivity contribution in [1.82, 2.24) is 0 Å². The molecule has 0 saturated heterocycles. The quantitative estimate of drug-likeness (QED) is 0.717. The Labute approximate surface area is 74.1 Å². The second kappa shape index (κ2) is 3.11. The summed E-state index contributed by atoms with van der Waals surface area (Å²) in [6.45, 7) is 1.49. The highest BCUT2D eigenvalue weighted by atomic mass is 35.5. The van der Waals surface area contributed by atoms with Crippen LogP contribution < -0.4 is 5.73 Å². The topological polar surface area (TPSA) is 43.1 Å². The molecular formula is C8H7ClFNO. The van der Waals surface area contributed by atoms with Gasteiger partial charge in [0.05, 0.1) is 5.56 Å². The van der Waals surface area contributed by atoms with Crippen molar-refractivity contribution in [1.29, 1.82) is 0 Å². The number of rotatable bonds is 1. The monoisotopic (exact) mass is 187 g/mol. The zero-order valence-corrected chi connectivity index (χ0v) is 7.15. The number of primary amides is 1. The first-order valence-electron chi connectivity index (χ1n) is 3.28. The van der Waals surface area contributed by atoms with Crippen LogP contribution in [0.4, 0.5) is 4.39 Å². The average molecular weight is 188 g/mol. The van der Waals surface area contributed by atoms with Crippen LogP contribution in [0.25, 0.3) is 0 Å². The fraction of sp³-hybridized carbons (Fsp3) is 0.125. The van der Waals surface area contributed by atoms with Crippen LogP contribution in [-0.4, -0.2) is 5.91 Å². The number of hydrogen-bond acceptors (Lipinski definition) is 1. The summed E-state index contributed by atoms with van der Waals surface area (Å²) in [7, 11) is 0. The zero-order valence-electron chi connectivity index (χ0n) is 6.40. The van der Waals surface area contributed by atoms with Crippen LogP contribution in [0.1, 0.15) is 15.9 Å². The molecule has 1 rings (SSSR count). The number of benzene rings is 1. The predicted octanol–water partition coefficient (Wildman–Crippen LogP) is 1.89. The Balaban J connectivity index is 3.36. The van der Waals surface area contributed by atoms with Crippen LogP contribution in [0.2, 0.25) is 5.02 Å². The molecule has 0 fully saturated rings. The van der Waals surface area contributed by atoms with Gasteiger partial charge in [-0.2, -0.15) is 0 Å². The van der Waals surface area contributed by atoms with Crippen molar-refractivity contribution in [3.63, 3.8) is 0 Å². The molecule has 2 nitrogen and oxygen atoms in total. The molecule has 0 bridgehead atoms. The molecule has 0 aromatic heterocycles. The number of amides is 1. The largest absolute Gasteiger partial charge is 0.366 e. The SMILES string of the molecule is Cc1c(Cl)ccc(C(N)=O)c1F. The van der Waals surface area contributed by atoms with Crippen molar-refractivity contribution < 1.29 is 9.18 Å². The summed E-state index contributed by atoms with van der Waals surface area (Å²) in [5, 5.41) is 0.289. The second-order valence-corrected chi connectivity index (χ2v) is 2.81. The van der Waals surface area contributed by atoms with E-state index in [1.54, 1.807) is 0 Å². The summed E-state index contributed by atoms with van der Waals surface area (Å²) in [5.41, 5.74) is 5.03. The van der Waals surface area contributed by atoms with Crippen LogP contribution in [-0.2, 0) is 0 Å². The second-order valence-electron chi connectivity index (χ2n) is 2.40. The number of carbonyl (C=O) groups excluding carboxylic acids is 1. The Bertz CT molecular complexity index is 338. The molecule has 0 aliphatic rings. The van der Waals surface area contributed by atoms with E-state index in [2.05, 4.69) is 0 Å². The maximum atomic E-state index is 13.1. The molecule has 0 aliphatic heterocycles. The standard InChI is InChI=1S/C8H7ClFNO/c1-4-6(9)3-2-5(7(4)10)8(11)12/h2-3H,1H3,(H2,11,12). The van der Waals surface area contributed by atoms with E-state index in [1.165, 1.54) is 19.1 Å². The van der Waals surface area contributed by atoms with E-state index in [9.17, 15) is 9.18 Å². The lowest BCUT2D eigenvalue weighted by molar-refractivity contribution is 0.0996. The van der Waals surface area contributed by atoms with Gasteiger partial charge in [-0.1, -0.05) is 11.6 Å². The third-order valence-corrected chi connectivity index (χ3v) is 2.00. The summed E-state index contributed by atoms with van der Waals surface area (Å²) < 4.78 is 13.1. The minimum atomic E-state index is -0.785. The third-order valence-electron chi connectivity index (χ3n) is 1.59. The first-order chi connectivity index (χ1) is 5.54. The third kappa shape index (κ3) is 1.41. The molecule has 0 saturated carbocycles. The van der Waals surface area contributed by atoms with Crippen molar-refractivity contribution in [2.75, 3.05) is 0 Å². The van der Waals surface area contributed by atoms with E-state index < -0.39 is 11.7 Å². The summed E-state index contributed by atoms with van der Waals surface area (Å²) >= 11 is 5.60. The molecule has 1 amide bonds. The van der Waals surface area contributed by atoms with E-state index in [0.717, 1.165) is 0 Å². The van der Waals surface area contributed by atoms with Crippen molar-refractivity contribution >= 4 is 17.5 Å². The van der Waals surface area contributed by atoms with E-state index in [-0.39, 0.29) is 16.1 Å². The molecule has 2 N–H and O–H groups in total. The lowest BCUT2D eigenvalue weighted by atomic mass is 10.1. The van der Waals surface area contributed by atoms with E-state index in [0.29, 0.717) is 0 Å². The molecule has 0 unspecified atom stereocenters. The van der Waals surface area contributed by atoms with Gasteiger partial charge in [0, 0.05) is 10.6 Å². The minimum absolute atomic E-state index is 0.128. The zero-order chi connectivity index (χ0) is 9.30. The van der Waals surface area contributed by atoms with Crippen LogP contribution in [0.5, 0.6) is 0 Å². The van der Waals surface area contributed by atoms with Gasteiger partial charge in [0.25, 0.3) is 5.91 Å². The highest BCUT2D eigenvalue weighted by Crippen LogP contribution is 2.20. The van der Waals surface area contributed by atoms with Gasteiger partial charge in [-0.15, -0.1) is 0 Å². The van der Waals surface area contributed by atoms with Crippen molar-refractivity contribution in [3.8, 4) is 0 Å². The molecule has 12 heavy (non-hydrogen) atoms. The summed E-state index contributed by atoms with van der Waals surface area (Å²) in [4.78, 5) is 10.6. The summed E-state index contributed by atoms with van der Waals surface area (Å²) in [6, 6.07) is 2.72. The number of halogens is 2. The summed E-state index contributed by atoms with van der Waals surface area (Å²) in [5.74, 6) is -1.43. The highest BCUT2D eigenvalue weighted by Gasteiger charge is 2.11. The van der Waals surface area contributed by atoms with Gasteiger partial charge in [-0.3, -0.25) is 4.79 Å². The fourth-order valence-electron chi connectivity index (χ4n) is 0.852. The van der Waals surface area contributed by atoms with Crippen molar-refractivity contribution in [3.05, 3.63) is 34.1 Å². The smallest absolute Gasteiger partial charge is 0.251 e. The number of hydrogen-bond donors (Lipinski definition) is 1. The van der Waals surface area contributed by atoms with Gasteiger partial charge in [-0.05, 0) is 19.1 Å². The summed E-state index contributed by atoms with van der Waals surface area (Å²) in [6.07, 6.45) is 0. The Morgan fingerprint density at radius 1 is 1.58 bits per heavy atom. The lowest BCUT2D eigenvalue weighted by Gasteiger charge is -2.02. The first-order valence-corrected chi connectivity index (χ1v) is 3.66. The molecule has 1 aromatic carbocycles. The Hall–Kier alpha value is -1.09. The van der Waals surface area contributed by atoms with Gasteiger partial charge in [0.1, 0.15) is 5.82 Å². The molecule has 0 heterocycles. The van der Waals surface area contributed by atoms with Gasteiger partial charge < -0.3 is 5.73 Å². The van der Waals surface area contributed by atoms with Gasteiger partial charge >= 0.3 is 0 Å². The van der Waals surface area contributed by atoms with Crippen LogP contribution >= 0.6 is 11.6 Å². The average Bonchev–Trinajstić information content (AvgIpc) is 2.00. The first kappa shape index (κ1) is 9.00. The van der Waals surface area contributed by atoms with E-state index >= 15 is 0 Å². The predicted molar refractivity (Wildman–Crippen MR) is 44.7 cm³/mol. The van der Waals surface area contributed by atoms with Crippen LogP contribution in [0, 0.1) is 12.7 Å². The molecule has 0 aliphatic carbocycles. The Morgan fingerprint density at radius 2 is 2.17 bits per heavy atom.